The first kappa shape index (κ1) is 17.2. The van der Waals surface area contributed by atoms with Gasteiger partial charge in [-0.15, -0.1) is 0 Å². The van der Waals surface area contributed by atoms with Crippen molar-refractivity contribution in [1.82, 2.24) is 9.21 Å². The summed E-state index contributed by atoms with van der Waals surface area (Å²) in [5.41, 5.74) is 0. The van der Waals surface area contributed by atoms with E-state index in [0.717, 1.165) is 0 Å². The van der Waals surface area contributed by atoms with Crippen LogP contribution < -0.4 is 0 Å². The van der Waals surface area contributed by atoms with E-state index in [1.54, 1.807) is 19.1 Å². The van der Waals surface area contributed by atoms with Crippen molar-refractivity contribution in [2.24, 2.45) is 0 Å². The fourth-order valence-corrected chi connectivity index (χ4v) is 3.82. The van der Waals surface area contributed by atoms with E-state index >= 15 is 0 Å². The predicted molar refractivity (Wildman–Crippen MR) is 83.3 cm³/mol. The minimum absolute atomic E-state index is 0.197. The van der Waals surface area contributed by atoms with Crippen molar-refractivity contribution in [3.63, 3.8) is 0 Å². The summed E-state index contributed by atoms with van der Waals surface area (Å²) in [6, 6.07) is 6.13. The largest absolute Gasteiger partial charge is 0.465 e. The number of carbonyl (C=O) groups is 1. The zero-order chi connectivity index (χ0) is 16.2. The second-order valence-electron chi connectivity index (χ2n) is 4.94. The average Bonchev–Trinajstić information content (AvgIpc) is 2.48. The minimum Gasteiger partial charge on any atom is -0.465 e. The van der Waals surface area contributed by atoms with E-state index in [1.807, 2.05) is 4.90 Å². The van der Waals surface area contributed by atoms with Gasteiger partial charge in [-0.1, -0.05) is 11.6 Å². The molecular formula is C14H19ClN2O4S. The number of esters is 1. The van der Waals surface area contributed by atoms with E-state index in [4.69, 9.17) is 16.3 Å². The molecule has 6 nitrogen and oxygen atoms in total. The third kappa shape index (κ3) is 4.19. The first-order chi connectivity index (χ1) is 10.4. The number of ether oxygens (including phenoxy) is 1. The number of benzene rings is 1. The average molecular weight is 347 g/mol. The molecule has 0 bridgehead atoms. The van der Waals surface area contributed by atoms with Gasteiger partial charge in [-0.2, -0.15) is 4.31 Å². The van der Waals surface area contributed by atoms with E-state index in [-0.39, 0.29) is 17.4 Å². The van der Waals surface area contributed by atoms with Crippen molar-refractivity contribution in [3.8, 4) is 0 Å². The topological polar surface area (TPSA) is 66.9 Å². The number of halogens is 1. The molecule has 1 aromatic carbocycles. The van der Waals surface area contributed by atoms with Gasteiger partial charge in [0, 0.05) is 31.2 Å². The van der Waals surface area contributed by atoms with E-state index < -0.39 is 10.0 Å². The molecule has 1 aliphatic heterocycles. The fraction of sp³-hybridized carbons (Fsp3) is 0.500. The van der Waals surface area contributed by atoms with Crippen LogP contribution in [-0.4, -0.2) is 62.9 Å². The first-order valence-electron chi connectivity index (χ1n) is 7.07. The molecule has 8 heteroatoms. The quantitative estimate of drug-likeness (QED) is 0.750. The molecule has 1 heterocycles. The van der Waals surface area contributed by atoms with Crippen molar-refractivity contribution in [1.29, 1.82) is 0 Å². The van der Waals surface area contributed by atoms with E-state index in [0.29, 0.717) is 37.8 Å². The van der Waals surface area contributed by atoms with Gasteiger partial charge in [0.05, 0.1) is 18.0 Å². The summed E-state index contributed by atoms with van der Waals surface area (Å²) in [6.45, 7) is 4.02. The van der Waals surface area contributed by atoms with Crippen molar-refractivity contribution in [2.75, 3.05) is 39.3 Å². The molecule has 1 aromatic rings. The van der Waals surface area contributed by atoms with Crippen molar-refractivity contribution < 1.29 is 17.9 Å². The molecule has 122 valence electrons. The van der Waals surface area contributed by atoms with Crippen LogP contribution in [0.1, 0.15) is 6.92 Å². The molecule has 0 unspecified atom stereocenters. The van der Waals surface area contributed by atoms with Crippen molar-refractivity contribution in [2.45, 2.75) is 11.8 Å². The SMILES string of the molecule is CCOC(=O)CN1CCN(S(=O)(=O)c2ccc(Cl)cc2)CC1. The number of rotatable bonds is 5. The fourth-order valence-electron chi connectivity index (χ4n) is 2.27. The van der Waals surface area contributed by atoms with Gasteiger partial charge in [0.2, 0.25) is 10.0 Å². The lowest BCUT2D eigenvalue weighted by Gasteiger charge is -2.33. The maximum Gasteiger partial charge on any atom is 0.320 e. The Morgan fingerprint density at radius 1 is 1.18 bits per heavy atom. The molecule has 1 saturated heterocycles. The molecule has 0 spiro atoms. The molecule has 2 rings (SSSR count). The van der Waals surface area contributed by atoms with Crippen LogP contribution in [-0.2, 0) is 19.6 Å². The maximum atomic E-state index is 12.5. The molecule has 22 heavy (non-hydrogen) atoms. The van der Waals surface area contributed by atoms with Crippen LogP contribution in [0.25, 0.3) is 0 Å². The molecule has 1 aliphatic rings. The second kappa shape index (κ2) is 7.41. The van der Waals surface area contributed by atoms with Gasteiger partial charge >= 0.3 is 5.97 Å². The number of hydrogen-bond acceptors (Lipinski definition) is 5. The highest BCUT2D eigenvalue weighted by molar-refractivity contribution is 7.89. The van der Waals surface area contributed by atoms with Gasteiger partial charge in [0.1, 0.15) is 0 Å². The van der Waals surface area contributed by atoms with Crippen LogP contribution in [0.2, 0.25) is 5.02 Å². The second-order valence-corrected chi connectivity index (χ2v) is 7.31. The van der Waals surface area contributed by atoms with Gasteiger partial charge in [-0.05, 0) is 31.2 Å². The lowest BCUT2D eigenvalue weighted by atomic mass is 10.3. The Morgan fingerprint density at radius 2 is 1.77 bits per heavy atom. The van der Waals surface area contributed by atoms with Crippen LogP contribution in [0.15, 0.2) is 29.2 Å². The van der Waals surface area contributed by atoms with E-state index in [9.17, 15) is 13.2 Å². The summed E-state index contributed by atoms with van der Waals surface area (Å²) in [5, 5.41) is 0.498. The Bertz CT molecular complexity index is 610. The van der Waals surface area contributed by atoms with Crippen LogP contribution >= 0.6 is 11.6 Å². The standard InChI is InChI=1S/C14H19ClN2O4S/c1-2-21-14(18)11-16-7-9-17(10-8-16)22(19,20)13-5-3-12(15)4-6-13/h3-6H,2,7-11H2,1H3. The summed E-state index contributed by atoms with van der Waals surface area (Å²) in [7, 11) is -3.51. The summed E-state index contributed by atoms with van der Waals surface area (Å²) < 4.78 is 31.3. The van der Waals surface area contributed by atoms with Gasteiger partial charge in [-0.25, -0.2) is 8.42 Å². The molecule has 0 radical (unpaired) electrons. The summed E-state index contributed by atoms with van der Waals surface area (Å²) in [6.07, 6.45) is 0. The number of sulfonamides is 1. The zero-order valence-electron chi connectivity index (χ0n) is 12.4. The van der Waals surface area contributed by atoms with Gasteiger partial charge < -0.3 is 4.74 Å². The van der Waals surface area contributed by atoms with Crippen LogP contribution in [0.4, 0.5) is 0 Å². The van der Waals surface area contributed by atoms with Crippen molar-refractivity contribution in [3.05, 3.63) is 29.3 Å². The molecular weight excluding hydrogens is 328 g/mol. The number of hydrogen-bond donors (Lipinski definition) is 0. The van der Waals surface area contributed by atoms with E-state index in [1.165, 1.54) is 16.4 Å². The molecule has 0 N–H and O–H groups in total. The van der Waals surface area contributed by atoms with Gasteiger partial charge in [0.15, 0.2) is 0 Å². The number of carbonyl (C=O) groups excluding carboxylic acids is 1. The third-order valence-corrected chi connectivity index (χ3v) is 5.61. The Labute approximate surface area is 135 Å². The summed E-state index contributed by atoms with van der Waals surface area (Å²) >= 11 is 5.78. The Kier molecular flexibility index (Phi) is 5.80. The smallest absolute Gasteiger partial charge is 0.320 e. The molecule has 0 aromatic heterocycles. The molecule has 0 saturated carbocycles. The number of nitrogens with zero attached hydrogens (tertiary/aromatic N) is 2. The van der Waals surface area contributed by atoms with Crippen LogP contribution in [0.5, 0.6) is 0 Å². The highest BCUT2D eigenvalue weighted by Gasteiger charge is 2.29. The Balaban J connectivity index is 1.96. The molecule has 1 fully saturated rings. The normalized spacial score (nSPS) is 17.4. The Morgan fingerprint density at radius 3 is 2.32 bits per heavy atom. The predicted octanol–water partition coefficient (Wildman–Crippen LogP) is 1.21. The summed E-state index contributed by atoms with van der Waals surface area (Å²) in [4.78, 5) is 13.6. The monoisotopic (exact) mass is 346 g/mol. The minimum atomic E-state index is -3.51. The van der Waals surface area contributed by atoms with Gasteiger partial charge in [-0.3, -0.25) is 9.69 Å². The number of piperazine rings is 1. The lowest BCUT2D eigenvalue weighted by molar-refractivity contribution is -0.144. The van der Waals surface area contributed by atoms with Crippen LogP contribution in [0.3, 0.4) is 0 Å². The highest BCUT2D eigenvalue weighted by Crippen LogP contribution is 2.19. The maximum absolute atomic E-state index is 12.5. The van der Waals surface area contributed by atoms with Crippen LogP contribution in [0, 0.1) is 0 Å². The molecule has 0 aliphatic carbocycles. The van der Waals surface area contributed by atoms with E-state index in [2.05, 4.69) is 0 Å². The van der Waals surface area contributed by atoms with Crippen molar-refractivity contribution >= 4 is 27.6 Å². The zero-order valence-corrected chi connectivity index (χ0v) is 13.9. The van der Waals surface area contributed by atoms with Gasteiger partial charge in [0.25, 0.3) is 0 Å². The third-order valence-electron chi connectivity index (χ3n) is 3.44. The molecule has 0 amide bonds. The molecule has 0 atom stereocenters. The highest BCUT2D eigenvalue weighted by atomic mass is 35.5. The summed E-state index contributed by atoms with van der Waals surface area (Å²) in [5.74, 6) is -0.281. The lowest BCUT2D eigenvalue weighted by Crippen LogP contribution is -2.49. The Hall–Kier alpha value is -1.15. The first-order valence-corrected chi connectivity index (χ1v) is 8.89.